The van der Waals surface area contributed by atoms with E-state index in [1.54, 1.807) is 24.3 Å². The van der Waals surface area contributed by atoms with E-state index < -0.39 is 16.6 Å². The van der Waals surface area contributed by atoms with Crippen molar-refractivity contribution in [2.75, 3.05) is 23.9 Å². The van der Waals surface area contributed by atoms with Crippen LogP contribution in [0.4, 0.5) is 5.69 Å². The Morgan fingerprint density at radius 1 is 1.29 bits per heavy atom. The van der Waals surface area contributed by atoms with Crippen LogP contribution in [0.1, 0.15) is 0 Å². The van der Waals surface area contributed by atoms with Gasteiger partial charge in [-0.15, -0.1) is 0 Å². The fourth-order valence-corrected chi connectivity index (χ4v) is 3.06. The Hall–Kier alpha value is -1.07. The Bertz CT molecular complexity index is 441. The molecule has 1 radical (unpaired) electrons. The first-order valence-corrected chi connectivity index (χ1v) is 5.95. The molecule has 1 aliphatic rings. The van der Waals surface area contributed by atoms with Crippen LogP contribution < -0.4 is 4.90 Å². The molecule has 0 aliphatic carbocycles. The molecule has 1 heterocycles. The van der Waals surface area contributed by atoms with Crippen molar-refractivity contribution in [3.05, 3.63) is 24.3 Å². The van der Waals surface area contributed by atoms with E-state index in [-0.39, 0.29) is 10.6 Å². The van der Waals surface area contributed by atoms with E-state index in [0.717, 1.165) is 0 Å². The lowest BCUT2D eigenvalue weighted by atomic mass is 10.3. The standard InChI is InChI=1S/C9H10NO3S/c11-7-10-5-6-14(12,13)9-4-2-1-3-8(9)10/h1-4H,5-7H2. The topological polar surface area (TPSA) is 57.3 Å². The fourth-order valence-electron chi connectivity index (χ4n) is 1.58. The largest absolute Gasteiger partial charge is 0.344 e. The van der Waals surface area contributed by atoms with Gasteiger partial charge in [-0.05, 0) is 12.1 Å². The number of nitrogens with zero attached hydrogens (tertiary/aromatic N) is 1. The molecular weight excluding hydrogens is 202 g/mol. The second-order valence-corrected chi connectivity index (χ2v) is 5.26. The zero-order valence-corrected chi connectivity index (χ0v) is 8.33. The lowest BCUT2D eigenvalue weighted by Crippen LogP contribution is -2.35. The Morgan fingerprint density at radius 3 is 2.71 bits per heavy atom. The van der Waals surface area contributed by atoms with Crippen LogP contribution in [-0.2, 0) is 14.9 Å². The third-order valence-corrected chi connectivity index (χ3v) is 4.06. The molecule has 0 atom stereocenters. The number of anilines is 1. The number of hydrogen-bond acceptors (Lipinski definition) is 3. The summed E-state index contributed by atoms with van der Waals surface area (Å²) in [6.07, 6.45) is 0. The molecule has 0 bridgehead atoms. The monoisotopic (exact) mass is 212 g/mol. The van der Waals surface area contributed by atoms with Crippen molar-refractivity contribution >= 4 is 15.5 Å². The Morgan fingerprint density at radius 2 is 2.00 bits per heavy atom. The minimum Gasteiger partial charge on any atom is -0.344 e. The van der Waals surface area contributed by atoms with Crippen LogP contribution in [0.2, 0.25) is 0 Å². The summed E-state index contributed by atoms with van der Waals surface area (Å²) in [5.41, 5.74) is 0.536. The van der Waals surface area contributed by atoms with Crippen molar-refractivity contribution in [3.63, 3.8) is 0 Å². The molecule has 1 aromatic rings. The third kappa shape index (κ3) is 1.38. The van der Waals surface area contributed by atoms with Crippen molar-refractivity contribution in [2.24, 2.45) is 0 Å². The van der Waals surface area contributed by atoms with Crippen molar-refractivity contribution in [1.29, 1.82) is 0 Å². The first kappa shape index (κ1) is 9.48. The van der Waals surface area contributed by atoms with Gasteiger partial charge in [-0.3, -0.25) is 0 Å². The van der Waals surface area contributed by atoms with E-state index in [0.29, 0.717) is 12.2 Å². The number of para-hydroxylation sites is 1. The summed E-state index contributed by atoms with van der Waals surface area (Å²) >= 11 is 0. The molecule has 0 saturated heterocycles. The molecule has 1 aromatic carbocycles. The van der Waals surface area contributed by atoms with Gasteiger partial charge in [0.1, 0.15) is 0 Å². The first-order valence-electron chi connectivity index (χ1n) is 4.30. The first-order chi connectivity index (χ1) is 6.65. The average molecular weight is 212 g/mol. The molecule has 2 rings (SSSR count). The van der Waals surface area contributed by atoms with Crippen LogP contribution in [-0.4, -0.2) is 27.4 Å². The average Bonchev–Trinajstić information content (AvgIpc) is 2.18. The van der Waals surface area contributed by atoms with Crippen molar-refractivity contribution in [1.82, 2.24) is 0 Å². The predicted molar refractivity (Wildman–Crippen MR) is 51.4 cm³/mol. The van der Waals surface area contributed by atoms with Crippen LogP contribution in [0.25, 0.3) is 0 Å². The van der Waals surface area contributed by atoms with Crippen LogP contribution in [0.15, 0.2) is 29.2 Å². The summed E-state index contributed by atoms with van der Waals surface area (Å²) in [5.74, 6) is 0.0340. The van der Waals surface area contributed by atoms with E-state index in [1.165, 1.54) is 4.90 Å². The highest BCUT2D eigenvalue weighted by molar-refractivity contribution is 7.91. The molecule has 0 N–H and O–H groups in total. The van der Waals surface area contributed by atoms with E-state index in [1.807, 2.05) is 0 Å². The highest BCUT2D eigenvalue weighted by Crippen LogP contribution is 2.29. The molecule has 1 aliphatic heterocycles. The Balaban J connectivity index is 2.61. The summed E-state index contributed by atoms with van der Waals surface area (Å²) < 4.78 is 23.2. The molecule has 75 valence electrons. The summed E-state index contributed by atoms with van der Waals surface area (Å²) in [5, 5.41) is 10.8. The zero-order chi connectivity index (χ0) is 10.2. The van der Waals surface area contributed by atoms with Gasteiger partial charge in [0.25, 0.3) is 0 Å². The van der Waals surface area contributed by atoms with Gasteiger partial charge in [0.05, 0.1) is 16.3 Å². The molecule has 4 nitrogen and oxygen atoms in total. The maximum atomic E-state index is 11.6. The molecule has 0 saturated carbocycles. The lowest BCUT2D eigenvalue weighted by molar-refractivity contribution is 0.192. The van der Waals surface area contributed by atoms with Gasteiger partial charge in [0.15, 0.2) is 16.6 Å². The van der Waals surface area contributed by atoms with Gasteiger partial charge < -0.3 is 4.90 Å². The van der Waals surface area contributed by atoms with Crippen LogP contribution in [0.3, 0.4) is 0 Å². The van der Waals surface area contributed by atoms with Crippen molar-refractivity contribution in [3.8, 4) is 0 Å². The van der Waals surface area contributed by atoms with Crippen molar-refractivity contribution in [2.45, 2.75) is 4.90 Å². The highest BCUT2D eigenvalue weighted by atomic mass is 32.2. The van der Waals surface area contributed by atoms with Gasteiger partial charge in [-0.2, -0.15) is 0 Å². The molecule has 5 heteroatoms. The fraction of sp³-hybridized carbons (Fsp3) is 0.333. The van der Waals surface area contributed by atoms with Gasteiger partial charge >= 0.3 is 0 Å². The molecule has 0 unspecified atom stereocenters. The molecular formula is C9H10NO3S. The van der Waals surface area contributed by atoms with E-state index in [4.69, 9.17) is 0 Å². The molecule has 0 amide bonds. The number of fused-ring (bicyclic) bond motifs is 1. The lowest BCUT2D eigenvalue weighted by Gasteiger charge is -2.28. The summed E-state index contributed by atoms with van der Waals surface area (Å²) in [4.78, 5) is 1.82. The molecule has 0 spiro atoms. The minimum absolute atomic E-state index is 0.0340. The van der Waals surface area contributed by atoms with E-state index in [2.05, 4.69) is 0 Å². The summed E-state index contributed by atoms with van der Waals surface area (Å²) in [6, 6.07) is 6.63. The van der Waals surface area contributed by atoms with Crippen LogP contribution in [0.5, 0.6) is 0 Å². The van der Waals surface area contributed by atoms with Crippen molar-refractivity contribution < 1.29 is 13.5 Å². The Kier molecular flexibility index (Phi) is 2.20. The smallest absolute Gasteiger partial charge is 0.182 e. The van der Waals surface area contributed by atoms with Gasteiger partial charge in [0.2, 0.25) is 0 Å². The zero-order valence-electron chi connectivity index (χ0n) is 7.51. The summed E-state index contributed by atoms with van der Waals surface area (Å²) in [6.45, 7) is -0.102. The van der Waals surface area contributed by atoms with Crippen LogP contribution >= 0.6 is 0 Å². The van der Waals surface area contributed by atoms with Gasteiger partial charge in [0, 0.05) is 6.54 Å². The predicted octanol–water partition coefficient (Wildman–Crippen LogP) is 0.668. The number of rotatable bonds is 1. The highest BCUT2D eigenvalue weighted by Gasteiger charge is 2.27. The quantitative estimate of drug-likeness (QED) is 0.687. The van der Waals surface area contributed by atoms with Gasteiger partial charge in [-0.25, -0.2) is 13.5 Å². The number of benzene rings is 1. The van der Waals surface area contributed by atoms with Gasteiger partial charge in [-0.1, -0.05) is 12.1 Å². The van der Waals surface area contributed by atoms with E-state index in [9.17, 15) is 13.5 Å². The second kappa shape index (κ2) is 3.25. The maximum absolute atomic E-state index is 11.6. The third-order valence-electron chi connectivity index (χ3n) is 2.33. The second-order valence-electron chi connectivity index (χ2n) is 3.18. The Labute approximate surface area is 82.7 Å². The maximum Gasteiger partial charge on any atom is 0.182 e. The molecule has 0 fully saturated rings. The van der Waals surface area contributed by atoms with E-state index >= 15 is 0 Å². The summed E-state index contributed by atoms with van der Waals surface area (Å²) in [7, 11) is -3.17. The molecule has 0 aromatic heterocycles. The van der Waals surface area contributed by atoms with Crippen LogP contribution in [0, 0.1) is 0 Å². The minimum atomic E-state index is -3.17. The normalized spacial score (nSPS) is 19.1. The number of hydrogen-bond donors (Lipinski definition) is 0. The number of sulfone groups is 1. The SMILES string of the molecule is [O]CN1CCS(=O)(=O)c2ccccc21. The molecule has 14 heavy (non-hydrogen) atoms.